The summed E-state index contributed by atoms with van der Waals surface area (Å²) in [6.45, 7) is 5.23. The lowest BCUT2D eigenvalue weighted by Crippen LogP contribution is -2.50. The normalized spacial score (nSPS) is 14.7. The van der Waals surface area contributed by atoms with Crippen molar-refractivity contribution in [2.75, 3.05) is 31.1 Å². The van der Waals surface area contributed by atoms with Gasteiger partial charge in [-0.15, -0.1) is 0 Å². The van der Waals surface area contributed by atoms with E-state index in [0.29, 0.717) is 0 Å². The van der Waals surface area contributed by atoms with Crippen molar-refractivity contribution in [3.8, 4) is 0 Å². The minimum atomic E-state index is 0.0401. The van der Waals surface area contributed by atoms with E-state index in [1.165, 1.54) is 0 Å². The van der Waals surface area contributed by atoms with Crippen molar-refractivity contribution in [3.63, 3.8) is 0 Å². The zero-order chi connectivity index (χ0) is 15.4. The average Bonchev–Trinajstić information content (AvgIpc) is 2.57. The summed E-state index contributed by atoms with van der Waals surface area (Å²) in [7, 11) is 0. The summed E-state index contributed by atoms with van der Waals surface area (Å²) in [5, 5.41) is 3.28. The van der Waals surface area contributed by atoms with E-state index in [1.54, 1.807) is 4.90 Å². The fourth-order valence-electron chi connectivity index (χ4n) is 2.71. The third-order valence-corrected chi connectivity index (χ3v) is 3.85. The highest BCUT2D eigenvalue weighted by Gasteiger charge is 2.25. The van der Waals surface area contributed by atoms with E-state index in [-0.39, 0.29) is 6.03 Å². The topological polar surface area (TPSA) is 35.6 Å². The van der Waals surface area contributed by atoms with Crippen LogP contribution in [0.2, 0.25) is 0 Å². The first kappa shape index (κ1) is 14.6. The van der Waals surface area contributed by atoms with Gasteiger partial charge in [-0.3, -0.25) is 4.90 Å². The molecule has 2 aromatic rings. The number of nitrogens with zero attached hydrogens (tertiary/aromatic N) is 2. The summed E-state index contributed by atoms with van der Waals surface area (Å²) >= 11 is 0. The number of hydrogen-bond acceptors (Lipinski definition) is 2. The monoisotopic (exact) mass is 295 g/mol. The second-order valence-electron chi connectivity index (χ2n) is 5.53. The number of aryl methyl sites for hydroxylation is 1. The van der Waals surface area contributed by atoms with Crippen LogP contribution in [-0.2, 0) is 0 Å². The number of benzene rings is 2. The molecule has 0 spiro atoms. The smallest absolute Gasteiger partial charge is 0.322 e. The largest absolute Gasteiger partial charge is 0.329 e. The molecule has 1 N–H and O–H groups in total. The molecule has 0 aromatic heterocycles. The Balaban J connectivity index is 1.97. The van der Waals surface area contributed by atoms with Gasteiger partial charge in [0.25, 0.3) is 0 Å². The summed E-state index contributed by atoms with van der Waals surface area (Å²) < 4.78 is 0. The highest BCUT2D eigenvalue weighted by atomic mass is 16.2. The maximum absolute atomic E-state index is 13.0. The van der Waals surface area contributed by atoms with E-state index < -0.39 is 0 Å². The summed E-state index contributed by atoms with van der Waals surface area (Å²) in [5.41, 5.74) is 2.96. The lowest BCUT2D eigenvalue weighted by atomic mass is 10.2. The third kappa shape index (κ3) is 3.12. The standard InChI is InChI=1S/C18H21N3O/c1-15-6-5-9-17(14-15)21(16-7-3-2-4-8-16)18(22)20-12-10-19-11-13-20/h2-9,14,19H,10-13H2,1H3. The molecular formula is C18H21N3O. The van der Waals surface area contributed by atoms with Crippen LogP contribution in [0.25, 0.3) is 0 Å². The van der Waals surface area contributed by atoms with Gasteiger partial charge in [-0.25, -0.2) is 4.79 Å². The van der Waals surface area contributed by atoms with Crippen LogP contribution in [0.1, 0.15) is 5.56 Å². The molecule has 2 amide bonds. The van der Waals surface area contributed by atoms with Gasteiger partial charge >= 0.3 is 6.03 Å². The first-order chi connectivity index (χ1) is 10.8. The van der Waals surface area contributed by atoms with Crippen molar-refractivity contribution in [1.82, 2.24) is 10.2 Å². The molecule has 1 saturated heterocycles. The molecule has 1 heterocycles. The molecule has 114 valence electrons. The molecule has 2 aromatic carbocycles. The van der Waals surface area contributed by atoms with E-state index >= 15 is 0 Å². The number of amides is 2. The van der Waals surface area contributed by atoms with Crippen LogP contribution in [0.15, 0.2) is 54.6 Å². The van der Waals surface area contributed by atoms with Crippen molar-refractivity contribution < 1.29 is 4.79 Å². The van der Waals surface area contributed by atoms with Gasteiger partial charge in [0.15, 0.2) is 0 Å². The maximum atomic E-state index is 13.0. The second kappa shape index (κ2) is 6.62. The first-order valence-electron chi connectivity index (χ1n) is 7.67. The number of carbonyl (C=O) groups is 1. The Morgan fingerprint density at radius 1 is 1.00 bits per heavy atom. The number of carbonyl (C=O) groups excluding carboxylic acids is 1. The van der Waals surface area contributed by atoms with Crippen LogP contribution in [0.3, 0.4) is 0 Å². The van der Waals surface area contributed by atoms with Gasteiger partial charge in [-0.2, -0.15) is 0 Å². The maximum Gasteiger partial charge on any atom is 0.329 e. The lowest BCUT2D eigenvalue weighted by molar-refractivity contribution is 0.199. The molecule has 1 aliphatic rings. The summed E-state index contributed by atoms with van der Waals surface area (Å²) in [6.07, 6.45) is 0. The van der Waals surface area contributed by atoms with E-state index in [1.807, 2.05) is 66.4 Å². The number of rotatable bonds is 2. The fraction of sp³-hybridized carbons (Fsp3) is 0.278. The minimum Gasteiger partial charge on any atom is -0.322 e. The van der Waals surface area contributed by atoms with Gasteiger partial charge in [-0.1, -0.05) is 30.3 Å². The molecule has 3 rings (SSSR count). The molecule has 0 aliphatic carbocycles. The van der Waals surface area contributed by atoms with Gasteiger partial charge in [-0.05, 0) is 36.8 Å². The van der Waals surface area contributed by atoms with Crippen molar-refractivity contribution in [2.24, 2.45) is 0 Å². The quantitative estimate of drug-likeness (QED) is 0.923. The van der Waals surface area contributed by atoms with Crippen LogP contribution >= 0.6 is 0 Å². The highest BCUT2D eigenvalue weighted by Crippen LogP contribution is 2.27. The summed E-state index contributed by atoms with van der Waals surface area (Å²) in [6, 6.07) is 17.9. The van der Waals surface area contributed by atoms with Crippen molar-refractivity contribution >= 4 is 17.4 Å². The summed E-state index contributed by atoms with van der Waals surface area (Å²) in [5.74, 6) is 0. The molecule has 4 heteroatoms. The van der Waals surface area contributed by atoms with Crippen LogP contribution in [0.4, 0.5) is 16.2 Å². The summed E-state index contributed by atoms with van der Waals surface area (Å²) in [4.78, 5) is 16.7. The number of para-hydroxylation sites is 1. The zero-order valence-corrected chi connectivity index (χ0v) is 12.8. The first-order valence-corrected chi connectivity index (χ1v) is 7.67. The molecule has 0 unspecified atom stereocenters. The van der Waals surface area contributed by atoms with Crippen molar-refractivity contribution in [1.29, 1.82) is 0 Å². The molecule has 0 bridgehead atoms. The van der Waals surface area contributed by atoms with Gasteiger partial charge < -0.3 is 10.2 Å². The van der Waals surface area contributed by atoms with Gasteiger partial charge in [0, 0.05) is 26.2 Å². The van der Waals surface area contributed by atoms with Crippen LogP contribution in [0.5, 0.6) is 0 Å². The average molecular weight is 295 g/mol. The van der Waals surface area contributed by atoms with Crippen LogP contribution in [0, 0.1) is 6.92 Å². The minimum absolute atomic E-state index is 0.0401. The Hall–Kier alpha value is -2.33. The van der Waals surface area contributed by atoms with E-state index in [4.69, 9.17) is 0 Å². The van der Waals surface area contributed by atoms with E-state index in [9.17, 15) is 4.79 Å². The predicted molar refractivity (Wildman–Crippen MR) is 89.6 cm³/mol. The van der Waals surface area contributed by atoms with Crippen LogP contribution < -0.4 is 10.2 Å². The van der Waals surface area contributed by atoms with Crippen molar-refractivity contribution in [3.05, 3.63) is 60.2 Å². The number of urea groups is 1. The molecule has 1 fully saturated rings. The molecule has 0 atom stereocenters. The van der Waals surface area contributed by atoms with E-state index in [2.05, 4.69) is 5.32 Å². The Bertz CT molecular complexity index is 636. The molecule has 1 aliphatic heterocycles. The molecule has 0 saturated carbocycles. The second-order valence-corrected chi connectivity index (χ2v) is 5.53. The highest BCUT2D eigenvalue weighted by molar-refractivity contribution is 5.99. The third-order valence-electron chi connectivity index (χ3n) is 3.85. The molecular weight excluding hydrogens is 274 g/mol. The van der Waals surface area contributed by atoms with Crippen LogP contribution in [-0.4, -0.2) is 37.1 Å². The SMILES string of the molecule is Cc1cccc(N(C(=O)N2CCNCC2)c2ccccc2)c1. The molecule has 0 radical (unpaired) electrons. The Morgan fingerprint density at radius 3 is 2.36 bits per heavy atom. The lowest BCUT2D eigenvalue weighted by Gasteiger charge is -2.33. The Labute approximate surface area is 131 Å². The molecule has 22 heavy (non-hydrogen) atoms. The number of anilines is 2. The zero-order valence-electron chi connectivity index (χ0n) is 12.8. The van der Waals surface area contributed by atoms with Gasteiger partial charge in [0.1, 0.15) is 0 Å². The predicted octanol–water partition coefficient (Wildman–Crippen LogP) is 3.16. The van der Waals surface area contributed by atoms with E-state index in [0.717, 1.165) is 43.1 Å². The number of piperazine rings is 1. The van der Waals surface area contributed by atoms with Gasteiger partial charge in [0.2, 0.25) is 0 Å². The Kier molecular flexibility index (Phi) is 4.39. The molecule has 4 nitrogen and oxygen atoms in total. The Morgan fingerprint density at radius 2 is 1.68 bits per heavy atom. The number of nitrogens with one attached hydrogen (secondary N) is 1. The van der Waals surface area contributed by atoms with Crippen molar-refractivity contribution in [2.45, 2.75) is 6.92 Å². The fourth-order valence-corrected chi connectivity index (χ4v) is 2.71. The van der Waals surface area contributed by atoms with Gasteiger partial charge in [0.05, 0.1) is 11.4 Å². The number of hydrogen-bond donors (Lipinski definition) is 1.